The van der Waals surface area contributed by atoms with E-state index in [0.717, 1.165) is 44.3 Å². The van der Waals surface area contributed by atoms with Crippen molar-refractivity contribution in [2.45, 2.75) is 64.8 Å². The molecule has 0 saturated carbocycles. The van der Waals surface area contributed by atoms with Gasteiger partial charge in [-0.2, -0.15) is 0 Å². The van der Waals surface area contributed by atoms with Gasteiger partial charge in [-0.05, 0) is 37.0 Å². The van der Waals surface area contributed by atoms with Crippen molar-refractivity contribution < 1.29 is 24.2 Å². The topological polar surface area (TPSA) is 79.3 Å². The number of benzene rings is 1. The normalized spacial score (nSPS) is 22.6. The molecule has 0 spiro atoms. The van der Waals surface area contributed by atoms with E-state index in [9.17, 15) is 14.7 Å². The molecule has 1 aromatic rings. The molecule has 3 atom stereocenters. The molecular formula is C24H36N2O5. The van der Waals surface area contributed by atoms with Crippen LogP contribution in [0.4, 0.5) is 0 Å². The third-order valence-electron chi connectivity index (χ3n) is 6.53. The monoisotopic (exact) mass is 432 g/mol. The van der Waals surface area contributed by atoms with E-state index in [-0.39, 0.29) is 31.2 Å². The summed E-state index contributed by atoms with van der Waals surface area (Å²) < 4.78 is 10.9. The minimum absolute atomic E-state index is 0.107. The maximum atomic E-state index is 13.1. The number of nitrogens with zero attached hydrogens (tertiary/aromatic N) is 2. The molecule has 0 aliphatic carbocycles. The Bertz CT molecular complexity index is 760. The third kappa shape index (κ3) is 5.32. The maximum absolute atomic E-state index is 13.1. The van der Waals surface area contributed by atoms with Crippen molar-refractivity contribution >= 4 is 11.9 Å². The second-order valence-electron chi connectivity index (χ2n) is 8.58. The number of carboxylic acid groups (broad SMARTS) is 1. The second-order valence-corrected chi connectivity index (χ2v) is 8.58. The minimum Gasteiger partial charge on any atom is -0.481 e. The van der Waals surface area contributed by atoms with Gasteiger partial charge in [0.1, 0.15) is 0 Å². The highest BCUT2D eigenvalue weighted by Gasteiger charge is 2.46. The Kier molecular flexibility index (Phi) is 8.18. The van der Waals surface area contributed by atoms with Gasteiger partial charge in [0.2, 0.25) is 12.7 Å². The molecule has 7 nitrogen and oxygen atoms in total. The molecule has 1 saturated heterocycles. The Balaban J connectivity index is 1.78. The van der Waals surface area contributed by atoms with Gasteiger partial charge in [-0.1, -0.05) is 39.7 Å². The summed E-state index contributed by atoms with van der Waals surface area (Å²) in [5.74, 6) is -0.0961. The van der Waals surface area contributed by atoms with Crippen molar-refractivity contribution in [3.8, 4) is 11.5 Å². The molecule has 31 heavy (non-hydrogen) atoms. The number of aliphatic carboxylic acids is 1. The highest BCUT2D eigenvalue weighted by molar-refractivity contribution is 5.79. The van der Waals surface area contributed by atoms with E-state index in [0.29, 0.717) is 24.5 Å². The number of carbonyl (C=O) groups is 2. The highest BCUT2D eigenvalue weighted by atomic mass is 16.7. The van der Waals surface area contributed by atoms with Crippen molar-refractivity contribution in [3.05, 3.63) is 23.8 Å². The minimum atomic E-state index is -0.807. The van der Waals surface area contributed by atoms with Crippen LogP contribution in [0.2, 0.25) is 0 Å². The van der Waals surface area contributed by atoms with Crippen LogP contribution in [0.3, 0.4) is 0 Å². The van der Waals surface area contributed by atoms with Gasteiger partial charge >= 0.3 is 5.97 Å². The molecule has 2 heterocycles. The van der Waals surface area contributed by atoms with E-state index in [1.54, 1.807) is 0 Å². The zero-order valence-corrected chi connectivity index (χ0v) is 19.0. The molecule has 1 fully saturated rings. The lowest BCUT2D eigenvalue weighted by Crippen LogP contribution is -2.44. The predicted molar refractivity (Wildman–Crippen MR) is 118 cm³/mol. The van der Waals surface area contributed by atoms with E-state index >= 15 is 0 Å². The van der Waals surface area contributed by atoms with E-state index in [2.05, 4.69) is 18.7 Å². The quantitative estimate of drug-likeness (QED) is 0.574. The summed E-state index contributed by atoms with van der Waals surface area (Å²) in [5, 5.41) is 10.1. The van der Waals surface area contributed by atoms with Crippen LogP contribution in [0, 0.1) is 5.92 Å². The Morgan fingerprint density at radius 2 is 1.77 bits per heavy atom. The van der Waals surface area contributed by atoms with Gasteiger partial charge in [0.25, 0.3) is 0 Å². The Morgan fingerprint density at radius 3 is 2.39 bits per heavy atom. The lowest BCUT2D eigenvalue weighted by molar-refractivity contribution is -0.143. The predicted octanol–water partition coefficient (Wildman–Crippen LogP) is 3.72. The summed E-state index contributed by atoms with van der Waals surface area (Å²) in [6, 6.07) is 5.51. The number of likely N-dealkylation sites (tertiary alicyclic amines) is 1. The molecule has 0 radical (unpaired) electrons. The van der Waals surface area contributed by atoms with Crippen molar-refractivity contribution in [1.82, 2.24) is 9.80 Å². The molecular weight excluding hydrogens is 396 g/mol. The Morgan fingerprint density at radius 1 is 1.10 bits per heavy atom. The summed E-state index contributed by atoms with van der Waals surface area (Å²) in [4.78, 5) is 29.5. The smallest absolute Gasteiger partial charge is 0.308 e. The average Bonchev–Trinajstić information content (AvgIpc) is 3.37. The van der Waals surface area contributed by atoms with E-state index < -0.39 is 11.9 Å². The molecule has 0 aromatic heterocycles. The number of ether oxygens (including phenoxy) is 2. The molecule has 7 heteroatoms. The number of fused-ring (bicyclic) bond motifs is 1. The Hall–Kier alpha value is -2.28. The molecule has 3 rings (SSSR count). The van der Waals surface area contributed by atoms with Crippen molar-refractivity contribution in [2.75, 3.05) is 33.0 Å². The molecule has 172 valence electrons. The van der Waals surface area contributed by atoms with Crippen LogP contribution in [-0.2, 0) is 9.59 Å². The maximum Gasteiger partial charge on any atom is 0.308 e. The SMILES string of the molecule is CCCCN(CCCC)C(=O)CN1CC(c2ccc3c(c2)OCO3)C(C(=O)O)C1CC. The van der Waals surface area contributed by atoms with Gasteiger partial charge in [0.15, 0.2) is 11.5 Å². The number of amides is 1. The van der Waals surface area contributed by atoms with Crippen LogP contribution >= 0.6 is 0 Å². The summed E-state index contributed by atoms with van der Waals surface area (Å²) in [7, 11) is 0. The van der Waals surface area contributed by atoms with E-state index in [1.807, 2.05) is 30.0 Å². The first-order chi connectivity index (χ1) is 15.0. The van der Waals surface area contributed by atoms with Gasteiger partial charge in [-0.15, -0.1) is 0 Å². The summed E-state index contributed by atoms with van der Waals surface area (Å²) in [6.45, 7) is 8.82. The first kappa shape index (κ1) is 23.4. The fourth-order valence-corrected chi connectivity index (χ4v) is 4.82. The standard InChI is InChI=1S/C24H36N2O5/c1-4-7-11-25(12-8-5-2)22(27)15-26-14-18(23(24(28)29)19(26)6-3)17-9-10-20-21(13-17)31-16-30-20/h9-10,13,18-19,23H,4-8,11-12,14-16H2,1-3H3,(H,28,29). The van der Waals surface area contributed by atoms with Crippen LogP contribution in [0.1, 0.15) is 64.4 Å². The lowest BCUT2D eigenvalue weighted by atomic mass is 9.84. The Labute approximate surface area is 185 Å². The van der Waals surface area contributed by atoms with Crippen molar-refractivity contribution in [2.24, 2.45) is 5.92 Å². The number of hydrogen-bond acceptors (Lipinski definition) is 5. The highest BCUT2D eigenvalue weighted by Crippen LogP contribution is 2.42. The van der Waals surface area contributed by atoms with Crippen LogP contribution in [0.5, 0.6) is 11.5 Å². The number of carbonyl (C=O) groups excluding carboxylic acids is 1. The molecule has 2 aliphatic rings. The molecule has 2 aliphatic heterocycles. The van der Waals surface area contributed by atoms with Gasteiger partial charge in [-0.3, -0.25) is 14.5 Å². The summed E-state index contributed by atoms with van der Waals surface area (Å²) in [5.41, 5.74) is 0.930. The van der Waals surface area contributed by atoms with Crippen LogP contribution in [0.25, 0.3) is 0 Å². The lowest BCUT2D eigenvalue weighted by Gasteiger charge is -2.29. The average molecular weight is 433 g/mol. The van der Waals surface area contributed by atoms with Crippen molar-refractivity contribution in [3.63, 3.8) is 0 Å². The van der Waals surface area contributed by atoms with Gasteiger partial charge in [0.05, 0.1) is 12.5 Å². The number of rotatable bonds is 11. The number of carboxylic acids is 1. The molecule has 1 N–H and O–H groups in total. The molecule has 3 unspecified atom stereocenters. The summed E-state index contributed by atoms with van der Waals surface area (Å²) in [6.07, 6.45) is 4.76. The van der Waals surface area contributed by atoms with Crippen LogP contribution in [-0.4, -0.2) is 65.8 Å². The molecule has 1 amide bonds. The van der Waals surface area contributed by atoms with E-state index in [1.165, 1.54) is 0 Å². The third-order valence-corrected chi connectivity index (χ3v) is 6.53. The summed E-state index contributed by atoms with van der Waals surface area (Å²) >= 11 is 0. The van der Waals surface area contributed by atoms with Crippen molar-refractivity contribution in [1.29, 1.82) is 0 Å². The van der Waals surface area contributed by atoms with Gasteiger partial charge < -0.3 is 19.5 Å². The largest absolute Gasteiger partial charge is 0.481 e. The first-order valence-corrected chi connectivity index (χ1v) is 11.6. The van der Waals surface area contributed by atoms with E-state index in [4.69, 9.17) is 9.47 Å². The fraction of sp³-hybridized carbons (Fsp3) is 0.667. The van der Waals surface area contributed by atoms with Crippen LogP contribution in [0.15, 0.2) is 18.2 Å². The zero-order chi connectivity index (χ0) is 22.4. The fourth-order valence-electron chi connectivity index (χ4n) is 4.82. The molecule has 0 bridgehead atoms. The van der Waals surface area contributed by atoms with Crippen LogP contribution < -0.4 is 9.47 Å². The second kappa shape index (κ2) is 10.8. The first-order valence-electron chi connectivity index (χ1n) is 11.6. The number of hydrogen-bond donors (Lipinski definition) is 1. The van der Waals surface area contributed by atoms with Gasteiger partial charge in [-0.25, -0.2) is 0 Å². The molecule has 1 aromatic carbocycles. The number of unbranched alkanes of at least 4 members (excludes halogenated alkanes) is 2. The van der Waals surface area contributed by atoms with Gasteiger partial charge in [0, 0.05) is 31.6 Å². The zero-order valence-electron chi connectivity index (χ0n) is 19.0.